The molecule has 8 nitrogen and oxygen atoms in total. The van der Waals surface area contributed by atoms with Gasteiger partial charge in [-0.1, -0.05) is 11.6 Å². The van der Waals surface area contributed by atoms with Crippen molar-refractivity contribution in [2.45, 2.75) is 25.8 Å². The number of methoxy groups -OCH3 is 3. The average Bonchev–Trinajstić information content (AvgIpc) is 2.75. The number of anilines is 1. The lowest BCUT2D eigenvalue weighted by molar-refractivity contribution is -0.121. The van der Waals surface area contributed by atoms with Gasteiger partial charge in [0.25, 0.3) is 0 Å². The van der Waals surface area contributed by atoms with Crippen LogP contribution < -0.4 is 23.8 Å². The normalized spacial score (nSPS) is 12.1. The number of carbonyl (C=O) groups excluding carboxylic acids is 1. The summed E-state index contributed by atoms with van der Waals surface area (Å²) in [6.07, 6.45) is 1.58. The van der Waals surface area contributed by atoms with Gasteiger partial charge in [-0.3, -0.25) is 9.10 Å². The molecular weight excluding hydrogens is 456 g/mol. The molecule has 1 atom stereocenters. The maximum atomic E-state index is 12.5. The molecule has 1 unspecified atom stereocenters. The highest BCUT2D eigenvalue weighted by molar-refractivity contribution is 7.92. The minimum absolute atomic E-state index is 0.131. The molecule has 0 spiro atoms. The van der Waals surface area contributed by atoms with Gasteiger partial charge in [-0.15, -0.1) is 0 Å². The molecular formula is C22H29ClN2O6S. The van der Waals surface area contributed by atoms with Crippen molar-refractivity contribution in [2.75, 3.05) is 38.4 Å². The van der Waals surface area contributed by atoms with E-state index in [0.29, 0.717) is 34.4 Å². The molecule has 0 aliphatic heterocycles. The van der Waals surface area contributed by atoms with E-state index in [1.165, 1.54) is 17.5 Å². The van der Waals surface area contributed by atoms with Crippen LogP contribution >= 0.6 is 11.6 Å². The van der Waals surface area contributed by atoms with Gasteiger partial charge in [0.05, 0.1) is 44.3 Å². The number of hydrogen-bond acceptors (Lipinski definition) is 6. The van der Waals surface area contributed by atoms with Crippen LogP contribution in [0, 0.1) is 0 Å². The van der Waals surface area contributed by atoms with Crippen molar-refractivity contribution in [3.63, 3.8) is 0 Å². The van der Waals surface area contributed by atoms with E-state index in [2.05, 4.69) is 5.32 Å². The van der Waals surface area contributed by atoms with E-state index in [0.717, 1.165) is 11.8 Å². The third-order valence-corrected chi connectivity index (χ3v) is 6.36. The Morgan fingerprint density at radius 2 is 1.72 bits per heavy atom. The van der Waals surface area contributed by atoms with Crippen molar-refractivity contribution in [3.8, 4) is 17.2 Å². The quantitative estimate of drug-likeness (QED) is 0.521. The Kier molecular flexibility index (Phi) is 9.03. The Balaban J connectivity index is 2.03. The third kappa shape index (κ3) is 6.67. The predicted molar refractivity (Wildman–Crippen MR) is 126 cm³/mol. The van der Waals surface area contributed by atoms with E-state index in [9.17, 15) is 13.2 Å². The van der Waals surface area contributed by atoms with Gasteiger partial charge in [0, 0.05) is 18.5 Å². The van der Waals surface area contributed by atoms with Gasteiger partial charge >= 0.3 is 0 Å². The molecule has 1 amide bonds. The first kappa shape index (κ1) is 25.6. The number of hydrogen-bond donors (Lipinski definition) is 1. The van der Waals surface area contributed by atoms with E-state index in [1.54, 1.807) is 38.5 Å². The first-order valence-corrected chi connectivity index (χ1v) is 12.2. The third-order valence-electron chi connectivity index (χ3n) is 4.87. The van der Waals surface area contributed by atoms with Crippen LogP contribution in [0.15, 0.2) is 36.4 Å². The van der Waals surface area contributed by atoms with Crippen LogP contribution in [0.2, 0.25) is 5.02 Å². The first-order valence-electron chi connectivity index (χ1n) is 9.93. The van der Waals surface area contributed by atoms with E-state index in [1.807, 2.05) is 13.0 Å². The second-order valence-corrected chi connectivity index (χ2v) is 9.47. The topological polar surface area (TPSA) is 94.2 Å². The summed E-state index contributed by atoms with van der Waals surface area (Å²) in [5, 5.41) is 3.22. The van der Waals surface area contributed by atoms with E-state index >= 15 is 0 Å². The number of nitrogens with zero attached hydrogens (tertiary/aromatic N) is 1. The summed E-state index contributed by atoms with van der Waals surface area (Å²) in [5.74, 6) is 1.54. The summed E-state index contributed by atoms with van der Waals surface area (Å²) in [7, 11) is 1.05. The zero-order valence-electron chi connectivity index (χ0n) is 18.8. The summed E-state index contributed by atoms with van der Waals surface area (Å²) in [4.78, 5) is 12.5. The lowest BCUT2D eigenvalue weighted by atomic mass is 10.1. The van der Waals surface area contributed by atoms with Crippen molar-refractivity contribution in [2.24, 2.45) is 0 Å². The monoisotopic (exact) mass is 484 g/mol. The van der Waals surface area contributed by atoms with Gasteiger partial charge in [0.1, 0.15) is 17.2 Å². The number of ether oxygens (including phenoxy) is 3. The van der Waals surface area contributed by atoms with E-state index < -0.39 is 10.0 Å². The van der Waals surface area contributed by atoms with Crippen LogP contribution in [0.3, 0.4) is 0 Å². The largest absolute Gasteiger partial charge is 0.497 e. The molecule has 10 heteroatoms. The molecule has 0 aromatic heterocycles. The number of halogens is 1. The van der Waals surface area contributed by atoms with Crippen LogP contribution in [0.1, 0.15) is 31.4 Å². The van der Waals surface area contributed by atoms with E-state index in [4.69, 9.17) is 25.8 Å². The zero-order valence-corrected chi connectivity index (χ0v) is 20.4. The van der Waals surface area contributed by atoms with Crippen molar-refractivity contribution in [1.82, 2.24) is 5.32 Å². The molecule has 2 aromatic rings. The standard InChI is InChI=1S/C22H29ClN2O6S/c1-15(18-14-17(29-2)9-11-20(18)30-3)24-22(26)7-6-12-25(32(5,27)28)16-8-10-21(31-4)19(23)13-16/h8-11,13-15H,6-7,12H2,1-5H3,(H,24,26). The molecule has 0 aliphatic rings. The van der Waals surface area contributed by atoms with Gasteiger partial charge in [-0.2, -0.15) is 0 Å². The SMILES string of the molecule is COc1ccc(OC)c(C(C)NC(=O)CCCN(c2ccc(OC)c(Cl)c2)S(C)(=O)=O)c1. The highest BCUT2D eigenvalue weighted by atomic mass is 35.5. The second-order valence-electron chi connectivity index (χ2n) is 7.15. The average molecular weight is 485 g/mol. The minimum atomic E-state index is -3.56. The molecule has 2 rings (SSSR count). The molecule has 32 heavy (non-hydrogen) atoms. The van der Waals surface area contributed by atoms with Crippen LogP contribution in [0.5, 0.6) is 17.2 Å². The van der Waals surface area contributed by atoms with Gasteiger partial charge < -0.3 is 19.5 Å². The lowest BCUT2D eigenvalue weighted by Gasteiger charge is -2.23. The number of sulfonamides is 1. The molecule has 0 bridgehead atoms. The molecule has 0 aliphatic carbocycles. The van der Waals surface area contributed by atoms with Gasteiger partial charge in [0.15, 0.2) is 0 Å². The van der Waals surface area contributed by atoms with Gasteiger partial charge in [0.2, 0.25) is 15.9 Å². The summed E-state index contributed by atoms with van der Waals surface area (Å²) in [6, 6.07) is 9.79. The maximum Gasteiger partial charge on any atom is 0.232 e. The van der Waals surface area contributed by atoms with Crippen molar-refractivity contribution in [1.29, 1.82) is 0 Å². The van der Waals surface area contributed by atoms with E-state index in [-0.39, 0.29) is 24.9 Å². The van der Waals surface area contributed by atoms with Crippen LogP contribution in [-0.4, -0.2) is 48.5 Å². The number of nitrogens with one attached hydrogen (secondary N) is 1. The summed E-state index contributed by atoms with van der Waals surface area (Å²) >= 11 is 6.14. The van der Waals surface area contributed by atoms with Crippen molar-refractivity contribution in [3.05, 3.63) is 47.0 Å². The zero-order chi connectivity index (χ0) is 23.9. The molecule has 0 saturated carbocycles. The lowest BCUT2D eigenvalue weighted by Crippen LogP contribution is -2.32. The number of rotatable bonds is 11. The molecule has 0 saturated heterocycles. The Morgan fingerprint density at radius 1 is 1.06 bits per heavy atom. The number of benzene rings is 2. The van der Waals surface area contributed by atoms with Crippen molar-refractivity contribution >= 4 is 33.2 Å². The van der Waals surface area contributed by atoms with Crippen LogP contribution in [-0.2, 0) is 14.8 Å². The molecule has 1 N–H and O–H groups in total. The maximum absolute atomic E-state index is 12.5. The minimum Gasteiger partial charge on any atom is -0.497 e. The molecule has 2 aromatic carbocycles. The Bertz CT molecular complexity index is 1040. The molecule has 0 radical (unpaired) electrons. The summed E-state index contributed by atoms with van der Waals surface area (Å²) in [5.41, 5.74) is 1.19. The van der Waals surface area contributed by atoms with Crippen LogP contribution in [0.25, 0.3) is 0 Å². The van der Waals surface area contributed by atoms with Gasteiger partial charge in [-0.05, 0) is 49.7 Å². The highest BCUT2D eigenvalue weighted by Crippen LogP contribution is 2.31. The Morgan fingerprint density at radius 3 is 2.28 bits per heavy atom. The summed E-state index contributed by atoms with van der Waals surface area (Å²) < 4.78 is 41.5. The molecule has 0 fully saturated rings. The second kappa shape index (κ2) is 11.3. The molecule has 0 heterocycles. The first-order chi connectivity index (χ1) is 15.1. The number of amides is 1. The van der Waals surface area contributed by atoms with Gasteiger partial charge in [-0.25, -0.2) is 8.42 Å². The smallest absolute Gasteiger partial charge is 0.232 e. The predicted octanol–water partition coefficient (Wildman–Crippen LogP) is 3.79. The Labute approximate surface area is 194 Å². The number of carbonyl (C=O) groups is 1. The fraction of sp³-hybridized carbons (Fsp3) is 0.409. The highest BCUT2D eigenvalue weighted by Gasteiger charge is 2.20. The fourth-order valence-electron chi connectivity index (χ4n) is 3.25. The van der Waals surface area contributed by atoms with Crippen molar-refractivity contribution < 1.29 is 27.4 Å². The summed E-state index contributed by atoms with van der Waals surface area (Å²) in [6.45, 7) is 1.98. The van der Waals surface area contributed by atoms with Crippen LogP contribution in [0.4, 0.5) is 5.69 Å². The molecule has 176 valence electrons. The Hall–Kier alpha value is -2.65. The fourth-order valence-corrected chi connectivity index (χ4v) is 4.46.